The van der Waals surface area contributed by atoms with E-state index in [4.69, 9.17) is 21.3 Å². The van der Waals surface area contributed by atoms with Gasteiger partial charge in [-0.3, -0.25) is 4.90 Å². The van der Waals surface area contributed by atoms with Gasteiger partial charge in [-0.2, -0.15) is 0 Å². The Balaban J connectivity index is 1.34. The highest BCUT2D eigenvalue weighted by Crippen LogP contribution is 2.41. The van der Waals surface area contributed by atoms with E-state index in [1.165, 1.54) is 37.8 Å². The maximum absolute atomic E-state index is 9.88. The third-order valence-corrected chi connectivity index (χ3v) is 7.81. The maximum Gasteiger partial charge on any atom is 0.137 e. The molecule has 5 nitrogen and oxygen atoms in total. The topological polar surface area (TPSA) is 50.0 Å². The number of nitrogens with zero attached hydrogens (tertiary/aromatic N) is 3. The fourth-order valence-corrected chi connectivity index (χ4v) is 6.34. The van der Waals surface area contributed by atoms with Crippen LogP contribution in [0.1, 0.15) is 57.6 Å². The highest BCUT2D eigenvalue weighted by atomic mass is 35.5. The summed E-state index contributed by atoms with van der Waals surface area (Å²) in [6.45, 7) is 8.18. The van der Waals surface area contributed by atoms with Crippen molar-refractivity contribution in [3.8, 4) is 17.0 Å². The van der Waals surface area contributed by atoms with Gasteiger partial charge in [0.05, 0.1) is 24.4 Å². The van der Waals surface area contributed by atoms with Gasteiger partial charge in [-0.15, -0.1) is 0 Å². The van der Waals surface area contributed by atoms with Crippen molar-refractivity contribution in [3.05, 3.63) is 52.8 Å². The average molecular weight is 482 g/mol. The van der Waals surface area contributed by atoms with Crippen molar-refractivity contribution >= 4 is 17.2 Å². The molecule has 2 fully saturated rings. The molecule has 0 radical (unpaired) electrons. The van der Waals surface area contributed by atoms with Crippen molar-refractivity contribution in [2.75, 3.05) is 13.7 Å². The minimum atomic E-state index is -0.0990. The van der Waals surface area contributed by atoms with E-state index in [1.54, 1.807) is 13.2 Å². The molecule has 3 atom stereocenters. The van der Waals surface area contributed by atoms with Crippen molar-refractivity contribution in [1.29, 1.82) is 0 Å². The predicted molar refractivity (Wildman–Crippen MR) is 138 cm³/mol. The monoisotopic (exact) mass is 481 g/mol. The van der Waals surface area contributed by atoms with Gasteiger partial charge >= 0.3 is 0 Å². The highest BCUT2D eigenvalue weighted by Gasteiger charge is 2.41. The van der Waals surface area contributed by atoms with E-state index < -0.39 is 0 Å². The number of hydrogen-bond donors (Lipinski definition) is 1. The second-order valence-electron chi connectivity index (χ2n) is 11.4. The number of imidazole rings is 1. The summed E-state index contributed by atoms with van der Waals surface area (Å²) in [6.07, 6.45) is 10.6. The van der Waals surface area contributed by atoms with Crippen molar-refractivity contribution < 1.29 is 9.84 Å². The maximum atomic E-state index is 9.88. The van der Waals surface area contributed by atoms with E-state index in [2.05, 4.69) is 44.0 Å². The van der Waals surface area contributed by atoms with Gasteiger partial charge in [0, 0.05) is 36.6 Å². The summed E-state index contributed by atoms with van der Waals surface area (Å²) in [6, 6.07) is 9.57. The molecule has 0 saturated carbocycles. The second kappa shape index (κ2) is 9.18. The third-order valence-electron chi connectivity index (χ3n) is 7.51. The number of pyridine rings is 1. The summed E-state index contributed by atoms with van der Waals surface area (Å²) in [7, 11) is 1.58. The smallest absolute Gasteiger partial charge is 0.137 e. The number of aliphatic hydroxyl groups is 1. The van der Waals surface area contributed by atoms with Crippen LogP contribution in [0.2, 0.25) is 5.02 Å². The molecule has 2 bridgehead atoms. The van der Waals surface area contributed by atoms with Gasteiger partial charge in [-0.25, -0.2) is 4.98 Å². The quantitative estimate of drug-likeness (QED) is 0.470. The Bertz CT molecular complexity index is 1170. The first-order chi connectivity index (χ1) is 16.2. The molecule has 6 heteroatoms. The van der Waals surface area contributed by atoms with Gasteiger partial charge in [0.1, 0.15) is 11.4 Å². The number of benzene rings is 1. The second-order valence-corrected chi connectivity index (χ2v) is 11.8. The van der Waals surface area contributed by atoms with Crippen LogP contribution < -0.4 is 4.74 Å². The molecule has 3 aromatic rings. The van der Waals surface area contributed by atoms with E-state index in [0.717, 1.165) is 46.9 Å². The number of ether oxygens (including phenoxy) is 1. The van der Waals surface area contributed by atoms with Crippen LogP contribution in [0, 0.1) is 11.3 Å². The molecule has 1 aromatic carbocycles. The van der Waals surface area contributed by atoms with Gasteiger partial charge in [0.25, 0.3) is 0 Å². The lowest BCUT2D eigenvalue weighted by Crippen LogP contribution is -2.46. The molecular formula is C28H36ClN3O2. The molecule has 5 rings (SSSR count). The lowest BCUT2D eigenvalue weighted by molar-refractivity contribution is 0.0693. The Hall–Kier alpha value is -2.08. The Morgan fingerprint density at radius 2 is 1.88 bits per heavy atom. The minimum absolute atomic E-state index is 0.0990. The van der Waals surface area contributed by atoms with Crippen molar-refractivity contribution in [3.63, 3.8) is 0 Å². The van der Waals surface area contributed by atoms with E-state index >= 15 is 0 Å². The zero-order valence-electron chi connectivity index (χ0n) is 20.7. The van der Waals surface area contributed by atoms with Gasteiger partial charge in [-0.1, -0.05) is 32.4 Å². The number of hydrogen-bond acceptors (Lipinski definition) is 4. The van der Waals surface area contributed by atoms with Crippen LogP contribution in [0.15, 0.2) is 36.7 Å². The molecule has 0 amide bonds. The average Bonchev–Trinajstić information content (AvgIpc) is 3.29. The Kier molecular flexibility index (Phi) is 6.38. The molecular weight excluding hydrogens is 446 g/mol. The molecule has 2 aliphatic heterocycles. The molecule has 4 heterocycles. The van der Waals surface area contributed by atoms with Crippen LogP contribution in [0.4, 0.5) is 0 Å². The van der Waals surface area contributed by atoms with E-state index in [1.807, 2.05) is 16.7 Å². The van der Waals surface area contributed by atoms with Crippen molar-refractivity contribution in [1.82, 2.24) is 14.3 Å². The van der Waals surface area contributed by atoms with Gasteiger partial charge in [0.2, 0.25) is 0 Å². The highest BCUT2D eigenvalue weighted by molar-refractivity contribution is 6.32. The summed E-state index contributed by atoms with van der Waals surface area (Å²) in [5.74, 6) is 1.30. The molecule has 1 N–H and O–H groups in total. The largest absolute Gasteiger partial charge is 0.495 e. The van der Waals surface area contributed by atoms with E-state index in [9.17, 15) is 5.11 Å². The number of halogens is 1. The van der Waals surface area contributed by atoms with Crippen LogP contribution >= 0.6 is 11.6 Å². The van der Waals surface area contributed by atoms with Crippen molar-refractivity contribution in [2.45, 2.75) is 71.6 Å². The number of aromatic nitrogens is 2. The number of piperidine rings is 1. The first kappa shape index (κ1) is 23.7. The summed E-state index contributed by atoms with van der Waals surface area (Å²) < 4.78 is 7.35. The first-order valence-electron chi connectivity index (χ1n) is 12.4. The summed E-state index contributed by atoms with van der Waals surface area (Å²) in [5.41, 5.74) is 5.04. The number of aliphatic hydroxyl groups excluding tert-OH is 1. The predicted octanol–water partition coefficient (Wildman–Crippen LogP) is 5.99. The molecule has 2 saturated heterocycles. The Labute approximate surface area is 207 Å². The van der Waals surface area contributed by atoms with Gasteiger partial charge in [-0.05, 0) is 78.8 Å². The van der Waals surface area contributed by atoms with Crippen LogP contribution in [0.25, 0.3) is 16.9 Å². The zero-order valence-corrected chi connectivity index (χ0v) is 21.5. The SMILES string of the molecule is COc1cc(CO)c(-c2cn3ccc(CC4C[C@H]5CC[C@@H](C4)N5CC(C)(C)C)cc3n2)cc1Cl. The standard InChI is InChI=1S/C28H36ClN3O2/c1-28(2,3)17-32-21-5-6-22(32)11-19(10-21)9-18-7-8-31-15-25(30-27(31)12-18)23-14-24(29)26(34-4)13-20(23)16-33/h7-8,12-15,19,21-22,33H,5-6,9-11,16-17H2,1-4H3/t19?,21-,22+. The van der Waals surface area contributed by atoms with Crippen LogP contribution in [0.5, 0.6) is 5.75 Å². The van der Waals surface area contributed by atoms with Crippen LogP contribution in [-0.4, -0.2) is 45.1 Å². The fraction of sp³-hybridized carbons (Fsp3) is 0.536. The molecule has 0 spiro atoms. The molecule has 182 valence electrons. The lowest BCUT2D eigenvalue weighted by atomic mass is 9.84. The fourth-order valence-electron chi connectivity index (χ4n) is 6.09. The number of rotatable bonds is 6. The van der Waals surface area contributed by atoms with Gasteiger partial charge in [0.15, 0.2) is 0 Å². The minimum Gasteiger partial charge on any atom is -0.495 e. The first-order valence-corrected chi connectivity index (χ1v) is 12.8. The van der Waals surface area contributed by atoms with E-state index in [-0.39, 0.29) is 6.61 Å². The molecule has 0 aliphatic carbocycles. The molecule has 2 aliphatic rings. The van der Waals surface area contributed by atoms with E-state index in [0.29, 0.717) is 16.2 Å². The Morgan fingerprint density at radius 3 is 2.53 bits per heavy atom. The van der Waals surface area contributed by atoms with Crippen LogP contribution in [-0.2, 0) is 13.0 Å². The van der Waals surface area contributed by atoms with Gasteiger partial charge < -0.3 is 14.2 Å². The summed E-state index contributed by atoms with van der Waals surface area (Å²) in [5, 5.41) is 10.4. The summed E-state index contributed by atoms with van der Waals surface area (Å²) in [4.78, 5) is 7.69. The molecule has 1 unspecified atom stereocenters. The Morgan fingerprint density at radius 1 is 1.15 bits per heavy atom. The molecule has 2 aromatic heterocycles. The van der Waals surface area contributed by atoms with Crippen LogP contribution in [0.3, 0.4) is 0 Å². The number of fused-ring (bicyclic) bond motifs is 3. The number of methoxy groups -OCH3 is 1. The summed E-state index contributed by atoms with van der Waals surface area (Å²) >= 11 is 6.37. The zero-order chi connectivity index (χ0) is 24.0. The normalized spacial score (nSPS) is 23.1. The third kappa shape index (κ3) is 4.71. The molecule has 34 heavy (non-hydrogen) atoms. The lowest BCUT2D eigenvalue weighted by Gasteiger charge is -2.42. The van der Waals surface area contributed by atoms with Crippen molar-refractivity contribution in [2.24, 2.45) is 11.3 Å².